The molecule has 0 bridgehead atoms. The van der Waals surface area contributed by atoms with Crippen LogP contribution in [0.4, 0.5) is 0 Å². The smallest absolute Gasteiger partial charge is 0.251 e. The highest BCUT2D eigenvalue weighted by molar-refractivity contribution is 6.30. The van der Waals surface area contributed by atoms with Crippen molar-refractivity contribution in [2.24, 2.45) is 0 Å². The largest absolute Gasteiger partial charge is 0.493 e. The second-order valence-corrected chi connectivity index (χ2v) is 8.42. The fraction of sp³-hybridized carbons (Fsp3) is 0.296. The Kier molecular flexibility index (Phi) is 8.18. The number of hydrogen-bond acceptors (Lipinski definition) is 3. The van der Waals surface area contributed by atoms with Crippen LogP contribution in [0.3, 0.4) is 0 Å². The number of carbonyl (C=O) groups is 1. The molecule has 1 atom stereocenters. The quantitative estimate of drug-likeness (QED) is 0.383. The maximum atomic E-state index is 12.9. The fourth-order valence-corrected chi connectivity index (χ4v) is 3.61. The van der Waals surface area contributed by atoms with Gasteiger partial charge in [-0.2, -0.15) is 0 Å². The van der Waals surface area contributed by atoms with Crippen LogP contribution < -0.4 is 14.8 Å². The van der Waals surface area contributed by atoms with E-state index in [-0.39, 0.29) is 11.9 Å². The minimum absolute atomic E-state index is 0.149. The van der Waals surface area contributed by atoms with E-state index in [0.717, 1.165) is 28.2 Å². The van der Waals surface area contributed by atoms with Gasteiger partial charge in [-0.1, -0.05) is 55.8 Å². The lowest BCUT2D eigenvalue weighted by Gasteiger charge is -2.17. The number of ether oxygens (including phenoxy) is 2. The third-order valence-corrected chi connectivity index (χ3v) is 5.52. The highest BCUT2D eigenvalue weighted by Gasteiger charge is 2.15. The molecule has 1 unspecified atom stereocenters. The molecule has 168 valence electrons. The van der Waals surface area contributed by atoms with Gasteiger partial charge in [0.25, 0.3) is 5.91 Å². The van der Waals surface area contributed by atoms with Crippen molar-refractivity contribution in [3.63, 3.8) is 0 Å². The van der Waals surface area contributed by atoms with E-state index in [2.05, 4.69) is 25.2 Å². The Morgan fingerprint density at radius 1 is 0.938 bits per heavy atom. The first kappa shape index (κ1) is 23.7. The Balaban J connectivity index is 1.78. The second-order valence-electron chi connectivity index (χ2n) is 7.98. The molecule has 0 aliphatic rings. The van der Waals surface area contributed by atoms with Gasteiger partial charge in [-0.25, -0.2) is 0 Å². The monoisotopic (exact) mass is 451 g/mol. The summed E-state index contributed by atoms with van der Waals surface area (Å²) in [7, 11) is 0. The molecule has 4 nitrogen and oxygen atoms in total. The van der Waals surface area contributed by atoms with Crippen LogP contribution in [0.15, 0.2) is 66.7 Å². The van der Waals surface area contributed by atoms with Gasteiger partial charge in [0, 0.05) is 16.1 Å². The van der Waals surface area contributed by atoms with Crippen LogP contribution in [0.5, 0.6) is 11.5 Å². The van der Waals surface area contributed by atoms with E-state index in [1.807, 2.05) is 68.4 Å². The van der Waals surface area contributed by atoms with Crippen LogP contribution in [-0.2, 0) is 6.61 Å². The Morgan fingerprint density at radius 3 is 2.34 bits per heavy atom. The van der Waals surface area contributed by atoms with Crippen LogP contribution in [0.2, 0.25) is 5.02 Å². The highest BCUT2D eigenvalue weighted by atomic mass is 35.5. The van der Waals surface area contributed by atoms with E-state index < -0.39 is 0 Å². The maximum absolute atomic E-state index is 12.9. The lowest BCUT2D eigenvalue weighted by molar-refractivity contribution is 0.0939. The van der Waals surface area contributed by atoms with Gasteiger partial charge in [-0.15, -0.1) is 0 Å². The number of rotatable bonds is 9. The van der Waals surface area contributed by atoms with Gasteiger partial charge in [0.1, 0.15) is 18.1 Å². The highest BCUT2D eigenvalue weighted by Crippen LogP contribution is 2.28. The number of amides is 1. The molecule has 0 heterocycles. The van der Waals surface area contributed by atoms with Crippen molar-refractivity contribution in [2.75, 3.05) is 6.61 Å². The molecule has 1 amide bonds. The van der Waals surface area contributed by atoms with Gasteiger partial charge in [0.15, 0.2) is 0 Å². The standard InChI is InChI=1S/C27H30ClNO3/c1-5-31-25-15-12-21(27(30)29-19(4)20-10-13-23(28)14-11-20)16-22(25)17-32-26-9-7-6-8-24(26)18(2)3/h6-16,18-19H,5,17H2,1-4H3,(H,29,30). The van der Waals surface area contributed by atoms with Crippen molar-refractivity contribution in [2.45, 2.75) is 46.3 Å². The lowest BCUT2D eigenvalue weighted by Crippen LogP contribution is -2.26. The minimum Gasteiger partial charge on any atom is -0.493 e. The number of nitrogens with one attached hydrogen (secondary N) is 1. The molecule has 0 spiro atoms. The molecule has 0 saturated carbocycles. The van der Waals surface area contributed by atoms with Crippen LogP contribution in [0.1, 0.15) is 66.7 Å². The van der Waals surface area contributed by atoms with E-state index in [1.165, 1.54) is 0 Å². The predicted molar refractivity (Wildman–Crippen MR) is 130 cm³/mol. The van der Waals surface area contributed by atoms with Gasteiger partial charge >= 0.3 is 0 Å². The molecule has 0 saturated heterocycles. The second kappa shape index (κ2) is 11.1. The van der Waals surface area contributed by atoms with Crippen molar-refractivity contribution in [3.05, 3.63) is 94.0 Å². The SMILES string of the molecule is CCOc1ccc(C(=O)NC(C)c2ccc(Cl)cc2)cc1COc1ccccc1C(C)C. The summed E-state index contributed by atoms with van der Waals surface area (Å²) in [6.45, 7) is 9.01. The summed E-state index contributed by atoms with van der Waals surface area (Å²) in [5, 5.41) is 3.71. The van der Waals surface area contributed by atoms with E-state index in [0.29, 0.717) is 29.7 Å². The number of hydrogen-bond donors (Lipinski definition) is 1. The van der Waals surface area contributed by atoms with E-state index >= 15 is 0 Å². The molecule has 0 aliphatic carbocycles. The van der Waals surface area contributed by atoms with Gasteiger partial charge < -0.3 is 14.8 Å². The van der Waals surface area contributed by atoms with Crippen molar-refractivity contribution in [3.8, 4) is 11.5 Å². The van der Waals surface area contributed by atoms with Crippen molar-refractivity contribution >= 4 is 17.5 Å². The van der Waals surface area contributed by atoms with E-state index in [9.17, 15) is 4.79 Å². The van der Waals surface area contributed by atoms with Gasteiger partial charge in [0.05, 0.1) is 12.6 Å². The van der Waals surface area contributed by atoms with Crippen LogP contribution in [-0.4, -0.2) is 12.5 Å². The van der Waals surface area contributed by atoms with Gasteiger partial charge in [-0.3, -0.25) is 4.79 Å². The molecule has 3 rings (SSSR count). The molecule has 0 aromatic heterocycles. The summed E-state index contributed by atoms with van der Waals surface area (Å²) >= 11 is 5.97. The summed E-state index contributed by atoms with van der Waals surface area (Å²) in [6, 6.07) is 20.8. The third kappa shape index (κ3) is 6.04. The minimum atomic E-state index is -0.153. The maximum Gasteiger partial charge on any atom is 0.251 e. The van der Waals surface area contributed by atoms with Gasteiger partial charge in [-0.05, 0) is 67.3 Å². The Labute approximate surface area is 195 Å². The Morgan fingerprint density at radius 2 is 1.66 bits per heavy atom. The number of benzene rings is 3. The van der Waals surface area contributed by atoms with Crippen LogP contribution >= 0.6 is 11.6 Å². The topological polar surface area (TPSA) is 47.6 Å². The molecule has 32 heavy (non-hydrogen) atoms. The predicted octanol–water partition coefficient (Wildman–Crippen LogP) is 6.93. The van der Waals surface area contributed by atoms with E-state index in [4.69, 9.17) is 21.1 Å². The van der Waals surface area contributed by atoms with E-state index in [1.54, 1.807) is 6.07 Å². The number of halogens is 1. The van der Waals surface area contributed by atoms with Crippen molar-refractivity contribution in [1.82, 2.24) is 5.32 Å². The first-order valence-corrected chi connectivity index (χ1v) is 11.3. The zero-order valence-corrected chi connectivity index (χ0v) is 19.8. The molecule has 1 N–H and O–H groups in total. The average molecular weight is 452 g/mol. The summed E-state index contributed by atoms with van der Waals surface area (Å²) in [5.74, 6) is 1.76. The summed E-state index contributed by atoms with van der Waals surface area (Å²) in [6.07, 6.45) is 0. The number of carbonyl (C=O) groups excluding carboxylic acids is 1. The molecular formula is C27H30ClNO3. The molecular weight excluding hydrogens is 422 g/mol. The zero-order valence-electron chi connectivity index (χ0n) is 19.0. The zero-order chi connectivity index (χ0) is 23.1. The normalized spacial score (nSPS) is 11.8. The average Bonchev–Trinajstić information content (AvgIpc) is 2.79. The Hall–Kier alpha value is -2.98. The first-order chi connectivity index (χ1) is 15.4. The molecule has 5 heteroatoms. The summed E-state index contributed by atoms with van der Waals surface area (Å²) in [4.78, 5) is 12.9. The summed E-state index contributed by atoms with van der Waals surface area (Å²) in [5.41, 5.74) is 3.53. The number of para-hydroxylation sites is 1. The fourth-order valence-electron chi connectivity index (χ4n) is 3.49. The first-order valence-electron chi connectivity index (χ1n) is 10.9. The molecule has 3 aromatic carbocycles. The molecule has 0 fully saturated rings. The van der Waals surface area contributed by atoms with Crippen LogP contribution in [0.25, 0.3) is 0 Å². The van der Waals surface area contributed by atoms with Crippen LogP contribution in [0, 0.1) is 0 Å². The molecule has 3 aromatic rings. The summed E-state index contributed by atoms with van der Waals surface area (Å²) < 4.78 is 11.9. The van der Waals surface area contributed by atoms with Gasteiger partial charge in [0.2, 0.25) is 0 Å². The third-order valence-electron chi connectivity index (χ3n) is 5.26. The molecule has 0 aliphatic heterocycles. The lowest BCUT2D eigenvalue weighted by atomic mass is 10.0. The van der Waals surface area contributed by atoms with Crippen molar-refractivity contribution in [1.29, 1.82) is 0 Å². The van der Waals surface area contributed by atoms with Crippen molar-refractivity contribution < 1.29 is 14.3 Å². The molecule has 0 radical (unpaired) electrons. The Bertz CT molecular complexity index is 1050.